The average Bonchev–Trinajstić information content (AvgIpc) is 2.51. The molecule has 0 saturated heterocycles. The standard InChI is InChI=1S/C16H15ClFNO3/c1-10(22-13-4-2-3-11(7-13)9-20)16(21)19-12-5-6-15(18)14(17)8-12/h2-8,10,20H,9H2,1H3,(H,19,21). The predicted molar refractivity (Wildman–Crippen MR) is 82.5 cm³/mol. The fraction of sp³-hybridized carbons (Fsp3) is 0.188. The van der Waals surface area contributed by atoms with E-state index < -0.39 is 17.8 Å². The minimum atomic E-state index is -0.766. The number of ether oxygens (including phenoxy) is 1. The van der Waals surface area contributed by atoms with Crippen LogP contribution in [0.1, 0.15) is 12.5 Å². The van der Waals surface area contributed by atoms with Gasteiger partial charge in [-0.3, -0.25) is 4.79 Å². The van der Waals surface area contributed by atoms with Gasteiger partial charge in [-0.2, -0.15) is 0 Å². The summed E-state index contributed by atoms with van der Waals surface area (Å²) >= 11 is 5.66. The van der Waals surface area contributed by atoms with E-state index >= 15 is 0 Å². The highest BCUT2D eigenvalue weighted by atomic mass is 35.5. The summed E-state index contributed by atoms with van der Waals surface area (Å²) in [7, 11) is 0. The Hall–Kier alpha value is -2.11. The molecular formula is C16H15ClFNO3. The Morgan fingerprint density at radius 3 is 2.82 bits per heavy atom. The van der Waals surface area contributed by atoms with E-state index in [9.17, 15) is 9.18 Å². The lowest BCUT2D eigenvalue weighted by atomic mass is 10.2. The number of benzene rings is 2. The normalized spacial score (nSPS) is 11.8. The molecule has 0 fully saturated rings. The molecule has 0 heterocycles. The van der Waals surface area contributed by atoms with Gasteiger partial charge in [0.2, 0.25) is 0 Å². The number of aliphatic hydroxyl groups is 1. The largest absolute Gasteiger partial charge is 0.481 e. The van der Waals surface area contributed by atoms with Gasteiger partial charge in [-0.15, -0.1) is 0 Å². The molecule has 1 atom stereocenters. The number of hydrogen-bond donors (Lipinski definition) is 2. The first-order valence-electron chi connectivity index (χ1n) is 6.62. The zero-order chi connectivity index (χ0) is 16.1. The molecule has 0 radical (unpaired) electrons. The van der Waals surface area contributed by atoms with Gasteiger partial charge in [0.1, 0.15) is 11.6 Å². The first kappa shape index (κ1) is 16.3. The summed E-state index contributed by atoms with van der Waals surface area (Å²) in [6.07, 6.45) is -0.766. The molecular weight excluding hydrogens is 309 g/mol. The molecule has 116 valence electrons. The minimum Gasteiger partial charge on any atom is -0.481 e. The molecule has 1 amide bonds. The molecule has 0 aliphatic carbocycles. The van der Waals surface area contributed by atoms with Crippen molar-refractivity contribution in [2.75, 3.05) is 5.32 Å². The summed E-state index contributed by atoms with van der Waals surface area (Å²) in [5.41, 5.74) is 1.08. The van der Waals surface area contributed by atoms with Gasteiger partial charge in [-0.25, -0.2) is 4.39 Å². The molecule has 0 bridgehead atoms. The molecule has 2 aromatic carbocycles. The second kappa shape index (κ2) is 7.24. The Balaban J connectivity index is 2.00. The van der Waals surface area contributed by atoms with Crippen molar-refractivity contribution >= 4 is 23.2 Å². The first-order valence-corrected chi connectivity index (χ1v) is 7.00. The summed E-state index contributed by atoms with van der Waals surface area (Å²) < 4.78 is 18.6. The van der Waals surface area contributed by atoms with E-state index in [0.717, 1.165) is 0 Å². The third-order valence-electron chi connectivity index (χ3n) is 2.95. The van der Waals surface area contributed by atoms with Crippen molar-refractivity contribution in [2.24, 2.45) is 0 Å². The second-order valence-electron chi connectivity index (χ2n) is 4.68. The van der Waals surface area contributed by atoms with Crippen molar-refractivity contribution in [3.05, 3.63) is 58.9 Å². The van der Waals surface area contributed by atoms with Crippen LogP contribution in [0.4, 0.5) is 10.1 Å². The molecule has 1 unspecified atom stereocenters. The van der Waals surface area contributed by atoms with Crippen molar-refractivity contribution < 1.29 is 19.0 Å². The fourth-order valence-corrected chi connectivity index (χ4v) is 1.97. The van der Waals surface area contributed by atoms with E-state index in [-0.39, 0.29) is 11.6 Å². The van der Waals surface area contributed by atoms with Crippen molar-refractivity contribution in [3.63, 3.8) is 0 Å². The summed E-state index contributed by atoms with van der Waals surface area (Å²) in [6, 6.07) is 10.7. The third kappa shape index (κ3) is 4.19. The van der Waals surface area contributed by atoms with E-state index in [2.05, 4.69) is 5.32 Å². The van der Waals surface area contributed by atoms with Crippen molar-refractivity contribution in [1.29, 1.82) is 0 Å². The van der Waals surface area contributed by atoms with Gasteiger partial charge in [-0.05, 0) is 42.8 Å². The molecule has 0 saturated carbocycles. The molecule has 0 spiro atoms. The molecule has 2 N–H and O–H groups in total. The van der Waals surface area contributed by atoms with Crippen molar-refractivity contribution in [1.82, 2.24) is 0 Å². The van der Waals surface area contributed by atoms with Crippen LogP contribution in [0, 0.1) is 5.82 Å². The monoisotopic (exact) mass is 323 g/mol. The molecule has 6 heteroatoms. The van der Waals surface area contributed by atoms with Gasteiger partial charge < -0.3 is 15.2 Å². The lowest BCUT2D eigenvalue weighted by Gasteiger charge is -2.15. The van der Waals surface area contributed by atoms with E-state index in [1.165, 1.54) is 18.2 Å². The minimum absolute atomic E-state index is 0.0676. The third-order valence-corrected chi connectivity index (χ3v) is 3.24. The van der Waals surface area contributed by atoms with E-state index in [1.54, 1.807) is 31.2 Å². The SMILES string of the molecule is CC(Oc1cccc(CO)c1)C(=O)Nc1ccc(F)c(Cl)c1. The quantitative estimate of drug-likeness (QED) is 0.887. The lowest BCUT2D eigenvalue weighted by molar-refractivity contribution is -0.122. The topological polar surface area (TPSA) is 58.6 Å². The van der Waals surface area contributed by atoms with Gasteiger partial charge in [0, 0.05) is 5.69 Å². The maximum absolute atomic E-state index is 13.1. The second-order valence-corrected chi connectivity index (χ2v) is 5.09. The number of anilines is 1. The first-order chi connectivity index (χ1) is 10.5. The highest BCUT2D eigenvalue weighted by Crippen LogP contribution is 2.20. The molecule has 0 aromatic heterocycles. The van der Waals surface area contributed by atoms with E-state index in [4.69, 9.17) is 21.4 Å². The molecule has 4 nitrogen and oxygen atoms in total. The van der Waals surface area contributed by atoms with Crippen LogP contribution in [0.25, 0.3) is 0 Å². The number of halogens is 2. The van der Waals surface area contributed by atoms with E-state index in [0.29, 0.717) is 17.0 Å². The van der Waals surface area contributed by atoms with Crippen LogP contribution < -0.4 is 10.1 Å². The summed E-state index contributed by atoms with van der Waals surface area (Å²) in [5, 5.41) is 11.6. The van der Waals surface area contributed by atoms with Gasteiger partial charge in [0.05, 0.1) is 11.6 Å². The summed E-state index contributed by atoms with van der Waals surface area (Å²) in [6.45, 7) is 1.48. The lowest BCUT2D eigenvalue weighted by Crippen LogP contribution is -2.30. The molecule has 0 aliphatic heterocycles. The number of amides is 1. The maximum atomic E-state index is 13.1. The number of nitrogens with one attached hydrogen (secondary N) is 1. The summed E-state index contributed by atoms with van der Waals surface area (Å²) in [5.74, 6) is -0.465. The van der Waals surface area contributed by atoms with Crippen LogP contribution in [-0.4, -0.2) is 17.1 Å². The molecule has 2 rings (SSSR count). The number of hydrogen-bond acceptors (Lipinski definition) is 3. The number of rotatable bonds is 5. The van der Waals surface area contributed by atoms with Gasteiger partial charge in [-0.1, -0.05) is 23.7 Å². The zero-order valence-corrected chi connectivity index (χ0v) is 12.6. The van der Waals surface area contributed by atoms with Gasteiger partial charge in [0.25, 0.3) is 5.91 Å². The Labute approximate surface area is 132 Å². The maximum Gasteiger partial charge on any atom is 0.265 e. The van der Waals surface area contributed by atoms with Gasteiger partial charge in [0.15, 0.2) is 6.10 Å². The van der Waals surface area contributed by atoms with Crippen LogP contribution in [0.5, 0.6) is 5.75 Å². The predicted octanol–water partition coefficient (Wildman–Crippen LogP) is 3.38. The number of aliphatic hydroxyl groups excluding tert-OH is 1. The van der Waals surface area contributed by atoms with Gasteiger partial charge >= 0.3 is 0 Å². The number of carbonyl (C=O) groups excluding carboxylic acids is 1. The van der Waals surface area contributed by atoms with Crippen molar-refractivity contribution in [3.8, 4) is 5.75 Å². The van der Waals surface area contributed by atoms with E-state index in [1.807, 2.05) is 0 Å². The molecule has 2 aromatic rings. The average molecular weight is 324 g/mol. The van der Waals surface area contributed by atoms with Crippen LogP contribution in [0.2, 0.25) is 5.02 Å². The van der Waals surface area contributed by atoms with Crippen LogP contribution in [0.3, 0.4) is 0 Å². The Bertz CT molecular complexity index is 678. The highest BCUT2D eigenvalue weighted by molar-refractivity contribution is 6.31. The zero-order valence-electron chi connectivity index (χ0n) is 11.8. The van der Waals surface area contributed by atoms with Crippen LogP contribution in [-0.2, 0) is 11.4 Å². The smallest absolute Gasteiger partial charge is 0.265 e. The Morgan fingerprint density at radius 2 is 2.14 bits per heavy atom. The highest BCUT2D eigenvalue weighted by Gasteiger charge is 2.15. The van der Waals surface area contributed by atoms with Crippen molar-refractivity contribution in [2.45, 2.75) is 19.6 Å². The molecule has 0 aliphatic rings. The molecule has 22 heavy (non-hydrogen) atoms. The van der Waals surface area contributed by atoms with Crippen LogP contribution >= 0.6 is 11.6 Å². The Kier molecular flexibility index (Phi) is 5.35. The van der Waals surface area contributed by atoms with Crippen LogP contribution in [0.15, 0.2) is 42.5 Å². The number of carbonyl (C=O) groups is 1. The Morgan fingerprint density at radius 1 is 1.36 bits per heavy atom. The summed E-state index contributed by atoms with van der Waals surface area (Å²) in [4.78, 5) is 12.0. The fourth-order valence-electron chi connectivity index (χ4n) is 1.79.